The number of rotatable bonds is 2. The monoisotopic (exact) mass is 304 g/mol. The van der Waals surface area contributed by atoms with E-state index in [-0.39, 0.29) is 0 Å². The minimum atomic E-state index is 0.893. The number of fused-ring (bicyclic) bond motifs is 1. The summed E-state index contributed by atoms with van der Waals surface area (Å²) in [7, 11) is 0. The van der Waals surface area contributed by atoms with Crippen LogP contribution in [0.2, 0.25) is 0 Å². The van der Waals surface area contributed by atoms with E-state index in [2.05, 4.69) is 52.3 Å². The molecule has 14 heavy (non-hydrogen) atoms. The van der Waals surface area contributed by atoms with E-state index in [1.165, 1.54) is 20.5 Å². The van der Waals surface area contributed by atoms with Crippen molar-refractivity contribution in [1.82, 2.24) is 0 Å². The standard InChI is InChI=1S/C10H9BrS3/c1-13-9-6(5-11)4-8(12)7-2-3-14-10(7)9/h2-4,12H,5H2,1H3. The Morgan fingerprint density at radius 3 is 3.00 bits per heavy atom. The predicted molar refractivity (Wildman–Crippen MR) is 73.5 cm³/mol. The Morgan fingerprint density at radius 2 is 2.36 bits per heavy atom. The van der Waals surface area contributed by atoms with Crippen molar-refractivity contribution in [2.24, 2.45) is 0 Å². The summed E-state index contributed by atoms with van der Waals surface area (Å²) in [5.74, 6) is 0. The molecule has 0 aliphatic rings. The minimum Gasteiger partial charge on any atom is -0.143 e. The molecular weight excluding hydrogens is 296 g/mol. The van der Waals surface area contributed by atoms with Crippen LogP contribution in [0.15, 0.2) is 27.3 Å². The first-order valence-corrected chi connectivity index (χ1v) is 7.77. The molecule has 0 radical (unpaired) electrons. The maximum atomic E-state index is 4.50. The van der Waals surface area contributed by atoms with Gasteiger partial charge in [0.1, 0.15) is 0 Å². The van der Waals surface area contributed by atoms with Gasteiger partial charge in [-0.05, 0) is 29.3 Å². The van der Waals surface area contributed by atoms with E-state index in [0.717, 1.165) is 10.2 Å². The van der Waals surface area contributed by atoms with Crippen molar-refractivity contribution >= 4 is 61.7 Å². The van der Waals surface area contributed by atoms with Gasteiger partial charge in [0.15, 0.2) is 0 Å². The third kappa shape index (κ3) is 1.73. The number of hydrogen-bond acceptors (Lipinski definition) is 3. The van der Waals surface area contributed by atoms with Crippen LogP contribution in [0.3, 0.4) is 0 Å². The van der Waals surface area contributed by atoms with E-state index in [0.29, 0.717) is 0 Å². The molecule has 0 aliphatic heterocycles. The highest BCUT2D eigenvalue weighted by atomic mass is 79.9. The van der Waals surface area contributed by atoms with Crippen LogP contribution in [0.4, 0.5) is 0 Å². The molecule has 0 aliphatic carbocycles. The summed E-state index contributed by atoms with van der Waals surface area (Å²) in [5, 5.41) is 4.29. The van der Waals surface area contributed by atoms with Crippen LogP contribution in [0.25, 0.3) is 10.1 Å². The fourth-order valence-corrected chi connectivity index (χ4v) is 4.48. The summed E-state index contributed by atoms with van der Waals surface area (Å²) in [6, 6.07) is 4.29. The van der Waals surface area contributed by atoms with Gasteiger partial charge in [0.05, 0.1) is 0 Å². The van der Waals surface area contributed by atoms with Crippen molar-refractivity contribution in [3.05, 3.63) is 23.1 Å². The molecule has 0 atom stereocenters. The summed E-state index contributed by atoms with van der Waals surface area (Å²) >= 11 is 11.6. The average molecular weight is 305 g/mol. The summed E-state index contributed by atoms with van der Waals surface area (Å²) < 4.78 is 1.36. The van der Waals surface area contributed by atoms with Crippen LogP contribution in [-0.2, 0) is 5.33 Å². The molecule has 0 fully saturated rings. The smallest absolute Gasteiger partial charge is 0.0492 e. The molecule has 1 heterocycles. The summed E-state index contributed by atoms with van der Waals surface area (Å²) in [6.07, 6.45) is 2.12. The van der Waals surface area contributed by atoms with E-state index in [4.69, 9.17) is 0 Å². The van der Waals surface area contributed by atoms with Crippen molar-refractivity contribution in [3.8, 4) is 0 Å². The predicted octanol–water partition coefficient (Wildman–Crippen LogP) is 4.81. The molecule has 4 heteroatoms. The van der Waals surface area contributed by atoms with Gasteiger partial charge in [-0.15, -0.1) is 35.7 Å². The second-order valence-electron chi connectivity index (χ2n) is 2.89. The molecule has 1 aromatic carbocycles. The molecule has 0 bridgehead atoms. The van der Waals surface area contributed by atoms with E-state index in [1.807, 2.05) is 11.8 Å². The third-order valence-corrected chi connectivity index (χ3v) is 5.01. The molecule has 2 aromatic rings. The maximum absolute atomic E-state index is 4.50. The van der Waals surface area contributed by atoms with Crippen LogP contribution in [0.5, 0.6) is 0 Å². The lowest BCUT2D eigenvalue weighted by molar-refractivity contribution is 1.30. The van der Waals surface area contributed by atoms with Crippen LogP contribution < -0.4 is 0 Å². The SMILES string of the molecule is CSc1c(CBr)cc(S)c2ccsc12. The van der Waals surface area contributed by atoms with Gasteiger partial charge in [-0.2, -0.15) is 0 Å². The Kier molecular flexibility index (Phi) is 3.47. The molecule has 0 N–H and O–H groups in total. The lowest BCUT2D eigenvalue weighted by Crippen LogP contribution is -1.84. The minimum absolute atomic E-state index is 0.893. The molecule has 0 amide bonds. The molecule has 0 saturated carbocycles. The van der Waals surface area contributed by atoms with Crippen molar-refractivity contribution in [2.75, 3.05) is 6.26 Å². The van der Waals surface area contributed by atoms with Gasteiger partial charge in [0, 0.05) is 25.2 Å². The lowest BCUT2D eigenvalue weighted by atomic mass is 10.2. The third-order valence-electron chi connectivity index (χ3n) is 2.10. The number of benzene rings is 1. The summed E-state index contributed by atoms with van der Waals surface area (Å²) in [4.78, 5) is 2.46. The van der Waals surface area contributed by atoms with Crippen LogP contribution >= 0.6 is 51.7 Å². The van der Waals surface area contributed by atoms with Crippen molar-refractivity contribution < 1.29 is 0 Å². The van der Waals surface area contributed by atoms with Crippen LogP contribution in [0.1, 0.15) is 5.56 Å². The first-order valence-electron chi connectivity index (χ1n) is 4.10. The number of halogens is 1. The largest absolute Gasteiger partial charge is 0.143 e. The number of alkyl halides is 1. The van der Waals surface area contributed by atoms with Crippen LogP contribution in [0, 0.1) is 0 Å². The van der Waals surface area contributed by atoms with Crippen molar-refractivity contribution in [3.63, 3.8) is 0 Å². The van der Waals surface area contributed by atoms with Gasteiger partial charge in [-0.25, -0.2) is 0 Å². The van der Waals surface area contributed by atoms with Gasteiger partial charge in [-0.3, -0.25) is 0 Å². The zero-order valence-electron chi connectivity index (χ0n) is 7.58. The molecule has 1 aromatic heterocycles. The molecule has 2 rings (SSSR count). The maximum Gasteiger partial charge on any atom is 0.0492 e. The van der Waals surface area contributed by atoms with Gasteiger partial charge in [0.2, 0.25) is 0 Å². The molecule has 74 valence electrons. The van der Waals surface area contributed by atoms with E-state index in [9.17, 15) is 0 Å². The molecule has 0 nitrogen and oxygen atoms in total. The highest BCUT2D eigenvalue weighted by Crippen LogP contribution is 2.38. The highest BCUT2D eigenvalue weighted by Gasteiger charge is 2.09. The fourth-order valence-electron chi connectivity index (χ4n) is 1.46. The molecular formula is C10H9BrS3. The Hall–Kier alpha value is 0.360. The van der Waals surface area contributed by atoms with Gasteiger partial charge < -0.3 is 0 Å². The number of hydrogen-bond donors (Lipinski definition) is 1. The molecule has 0 saturated heterocycles. The number of thiol groups is 1. The van der Waals surface area contributed by atoms with Gasteiger partial charge >= 0.3 is 0 Å². The molecule has 0 spiro atoms. The first kappa shape index (κ1) is 10.9. The van der Waals surface area contributed by atoms with Crippen molar-refractivity contribution in [2.45, 2.75) is 15.1 Å². The van der Waals surface area contributed by atoms with Gasteiger partial charge in [-0.1, -0.05) is 15.9 Å². The van der Waals surface area contributed by atoms with E-state index >= 15 is 0 Å². The van der Waals surface area contributed by atoms with E-state index < -0.39 is 0 Å². The van der Waals surface area contributed by atoms with Crippen LogP contribution in [-0.4, -0.2) is 6.26 Å². The number of thioether (sulfide) groups is 1. The van der Waals surface area contributed by atoms with E-state index in [1.54, 1.807) is 11.3 Å². The normalized spacial score (nSPS) is 11.1. The average Bonchev–Trinajstić information content (AvgIpc) is 2.66. The first-order chi connectivity index (χ1) is 6.77. The second-order valence-corrected chi connectivity index (χ2v) is 5.66. The Morgan fingerprint density at radius 1 is 1.57 bits per heavy atom. The highest BCUT2D eigenvalue weighted by molar-refractivity contribution is 9.08. The van der Waals surface area contributed by atoms with Gasteiger partial charge in [0.25, 0.3) is 0 Å². The second kappa shape index (κ2) is 4.47. The zero-order valence-corrected chi connectivity index (χ0v) is 11.7. The lowest BCUT2D eigenvalue weighted by Gasteiger charge is -2.07. The number of thiophene rings is 1. The Balaban J connectivity index is 2.82. The fraction of sp³-hybridized carbons (Fsp3) is 0.200. The zero-order chi connectivity index (χ0) is 10.1. The Labute approximate surface area is 106 Å². The quantitative estimate of drug-likeness (QED) is 0.472. The van der Waals surface area contributed by atoms with Crippen molar-refractivity contribution in [1.29, 1.82) is 0 Å². The molecule has 0 unspecified atom stereocenters. The summed E-state index contributed by atoms with van der Waals surface area (Å²) in [6.45, 7) is 0. The Bertz CT molecular complexity index is 462. The summed E-state index contributed by atoms with van der Waals surface area (Å²) in [5.41, 5.74) is 1.33. The topological polar surface area (TPSA) is 0 Å².